The predicted octanol–water partition coefficient (Wildman–Crippen LogP) is 2.77. The molecular formula is C12H14F3NO2. The van der Waals surface area contributed by atoms with Crippen molar-refractivity contribution in [2.24, 2.45) is 0 Å². The normalized spacial score (nSPS) is 11.3. The van der Waals surface area contributed by atoms with Crippen LogP contribution in [0.15, 0.2) is 24.3 Å². The van der Waals surface area contributed by atoms with Crippen LogP contribution >= 0.6 is 0 Å². The molecule has 3 nitrogen and oxygen atoms in total. The lowest BCUT2D eigenvalue weighted by atomic mass is 10.1. The Morgan fingerprint density at radius 2 is 1.89 bits per heavy atom. The van der Waals surface area contributed by atoms with E-state index in [0.717, 1.165) is 12.0 Å². The van der Waals surface area contributed by atoms with Gasteiger partial charge in [0.25, 0.3) is 0 Å². The highest BCUT2D eigenvalue weighted by molar-refractivity contribution is 5.91. The van der Waals surface area contributed by atoms with Crippen LogP contribution in [-0.4, -0.2) is 25.3 Å². The molecule has 1 aromatic carbocycles. The molecule has 6 heteroatoms. The third kappa shape index (κ3) is 5.67. The fourth-order valence-corrected chi connectivity index (χ4v) is 1.28. The summed E-state index contributed by atoms with van der Waals surface area (Å²) in [5.74, 6) is -0.608. The molecule has 0 fully saturated rings. The third-order valence-electron chi connectivity index (χ3n) is 2.14. The highest BCUT2D eigenvalue weighted by Gasteiger charge is 2.27. The van der Waals surface area contributed by atoms with Crippen molar-refractivity contribution >= 4 is 11.6 Å². The number of hydrogen-bond acceptors (Lipinski definition) is 2. The fourth-order valence-electron chi connectivity index (χ4n) is 1.28. The topological polar surface area (TPSA) is 38.3 Å². The van der Waals surface area contributed by atoms with Crippen LogP contribution in [-0.2, 0) is 16.0 Å². The molecule has 0 aliphatic rings. The number of ether oxygens (including phenoxy) is 1. The van der Waals surface area contributed by atoms with Gasteiger partial charge in [0.1, 0.15) is 13.2 Å². The van der Waals surface area contributed by atoms with Crippen LogP contribution in [0.3, 0.4) is 0 Å². The molecule has 0 unspecified atom stereocenters. The minimum Gasteiger partial charge on any atom is -0.362 e. The summed E-state index contributed by atoms with van der Waals surface area (Å²) in [6.07, 6.45) is -3.54. The maximum atomic E-state index is 11.8. The largest absolute Gasteiger partial charge is 0.411 e. The van der Waals surface area contributed by atoms with Crippen molar-refractivity contribution in [1.29, 1.82) is 0 Å². The average Bonchev–Trinajstić information content (AvgIpc) is 2.28. The van der Waals surface area contributed by atoms with E-state index in [9.17, 15) is 18.0 Å². The number of nitrogens with one attached hydrogen (secondary N) is 1. The summed E-state index contributed by atoms with van der Waals surface area (Å²) in [6.45, 7) is -0.0389. The van der Waals surface area contributed by atoms with Gasteiger partial charge in [-0.25, -0.2) is 0 Å². The van der Waals surface area contributed by atoms with Crippen LogP contribution in [0.5, 0.6) is 0 Å². The van der Waals surface area contributed by atoms with Crippen LogP contribution in [0.2, 0.25) is 0 Å². The Balaban J connectivity index is 2.35. The van der Waals surface area contributed by atoms with E-state index in [-0.39, 0.29) is 0 Å². The standard InChI is InChI=1S/C12H14F3NO2/c1-2-9-3-5-10(6-4-9)16-11(17)7-18-8-12(13,14)15/h3-6H,2,7-8H2,1H3,(H,16,17). The van der Waals surface area contributed by atoms with Gasteiger partial charge >= 0.3 is 6.18 Å². The molecule has 100 valence electrons. The number of aryl methyl sites for hydroxylation is 1. The van der Waals surface area contributed by atoms with E-state index in [1.165, 1.54) is 0 Å². The van der Waals surface area contributed by atoms with Crippen LogP contribution in [0.1, 0.15) is 12.5 Å². The highest BCUT2D eigenvalue weighted by Crippen LogP contribution is 2.14. The van der Waals surface area contributed by atoms with Crippen molar-refractivity contribution in [2.75, 3.05) is 18.5 Å². The van der Waals surface area contributed by atoms with Gasteiger partial charge in [0.15, 0.2) is 0 Å². The molecule has 0 spiro atoms. The summed E-state index contributed by atoms with van der Waals surface area (Å²) in [5, 5.41) is 2.45. The molecule has 1 amide bonds. The Kier molecular flexibility index (Phi) is 5.15. The second-order valence-electron chi connectivity index (χ2n) is 3.71. The summed E-state index contributed by atoms with van der Waals surface area (Å²) in [6, 6.07) is 7.07. The second kappa shape index (κ2) is 6.39. The molecule has 0 aromatic heterocycles. The SMILES string of the molecule is CCc1ccc(NC(=O)COCC(F)(F)F)cc1. The van der Waals surface area contributed by atoms with E-state index < -0.39 is 25.3 Å². The van der Waals surface area contributed by atoms with E-state index in [0.29, 0.717) is 5.69 Å². The zero-order valence-corrected chi connectivity index (χ0v) is 9.88. The maximum absolute atomic E-state index is 11.8. The number of carbonyl (C=O) groups is 1. The van der Waals surface area contributed by atoms with Gasteiger partial charge in [-0.15, -0.1) is 0 Å². The van der Waals surface area contributed by atoms with E-state index in [1.54, 1.807) is 12.1 Å². The molecule has 0 radical (unpaired) electrons. The molecule has 1 aromatic rings. The lowest BCUT2D eigenvalue weighted by molar-refractivity contribution is -0.174. The number of anilines is 1. The van der Waals surface area contributed by atoms with Crippen molar-refractivity contribution in [2.45, 2.75) is 19.5 Å². The quantitative estimate of drug-likeness (QED) is 0.885. The van der Waals surface area contributed by atoms with Gasteiger partial charge in [-0.3, -0.25) is 4.79 Å². The number of hydrogen-bond donors (Lipinski definition) is 1. The summed E-state index contributed by atoms with van der Waals surface area (Å²) in [5.41, 5.74) is 1.65. The molecule has 0 saturated heterocycles. The lowest BCUT2D eigenvalue weighted by Gasteiger charge is -2.08. The second-order valence-corrected chi connectivity index (χ2v) is 3.71. The summed E-state index contributed by atoms with van der Waals surface area (Å²) in [7, 11) is 0. The van der Waals surface area contributed by atoms with Crippen molar-refractivity contribution in [3.8, 4) is 0 Å². The first-order chi connectivity index (χ1) is 8.40. The zero-order valence-electron chi connectivity index (χ0n) is 9.88. The van der Waals surface area contributed by atoms with Crippen LogP contribution < -0.4 is 5.32 Å². The minimum absolute atomic E-state index is 0.535. The van der Waals surface area contributed by atoms with Crippen LogP contribution in [0, 0.1) is 0 Å². The summed E-state index contributed by atoms with van der Waals surface area (Å²) < 4.78 is 39.5. The zero-order chi connectivity index (χ0) is 13.6. The number of carbonyl (C=O) groups excluding carboxylic acids is 1. The number of alkyl halides is 3. The number of amides is 1. The third-order valence-corrected chi connectivity index (χ3v) is 2.14. The first-order valence-electron chi connectivity index (χ1n) is 5.44. The van der Waals surface area contributed by atoms with Crippen molar-refractivity contribution in [3.05, 3.63) is 29.8 Å². The van der Waals surface area contributed by atoms with E-state index in [4.69, 9.17) is 0 Å². The molecule has 18 heavy (non-hydrogen) atoms. The number of benzene rings is 1. The molecule has 0 saturated carbocycles. The van der Waals surface area contributed by atoms with Gasteiger partial charge in [0.05, 0.1) is 0 Å². The van der Waals surface area contributed by atoms with Crippen LogP contribution in [0.25, 0.3) is 0 Å². The monoisotopic (exact) mass is 261 g/mol. The predicted molar refractivity (Wildman–Crippen MR) is 61.3 cm³/mol. The van der Waals surface area contributed by atoms with Gasteiger partial charge in [-0.05, 0) is 24.1 Å². The van der Waals surface area contributed by atoms with Crippen LogP contribution in [0.4, 0.5) is 18.9 Å². The molecule has 0 atom stereocenters. The van der Waals surface area contributed by atoms with Gasteiger partial charge in [0.2, 0.25) is 5.91 Å². The molecular weight excluding hydrogens is 247 g/mol. The fraction of sp³-hybridized carbons (Fsp3) is 0.417. The average molecular weight is 261 g/mol. The van der Waals surface area contributed by atoms with E-state index in [1.807, 2.05) is 19.1 Å². The molecule has 0 aliphatic carbocycles. The summed E-state index contributed by atoms with van der Waals surface area (Å²) >= 11 is 0. The van der Waals surface area contributed by atoms with E-state index in [2.05, 4.69) is 10.1 Å². The molecule has 0 heterocycles. The number of halogens is 3. The maximum Gasteiger partial charge on any atom is 0.411 e. The Bertz CT molecular complexity index is 387. The lowest BCUT2D eigenvalue weighted by Crippen LogP contribution is -2.23. The minimum atomic E-state index is -4.41. The Morgan fingerprint density at radius 3 is 2.39 bits per heavy atom. The summed E-state index contributed by atoms with van der Waals surface area (Å²) in [4.78, 5) is 11.2. The molecule has 0 bridgehead atoms. The molecule has 0 aliphatic heterocycles. The Morgan fingerprint density at radius 1 is 1.28 bits per heavy atom. The first-order valence-corrected chi connectivity index (χ1v) is 5.44. The van der Waals surface area contributed by atoms with Crippen molar-refractivity contribution in [1.82, 2.24) is 0 Å². The number of rotatable bonds is 5. The Labute approximate surface area is 103 Å². The first kappa shape index (κ1) is 14.5. The van der Waals surface area contributed by atoms with Gasteiger partial charge < -0.3 is 10.1 Å². The van der Waals surface area contributed by atoms with Gasteiger partial charge in [-0.1, -0.05) is 19.1 Å². The van der Waals surface area contributed by atoms with Crippen molar-refractivity contribution < 1.29 is 22.7 Å². The molecule has 1 N–H and O–H groups in total. The smallest absolute Gasteiger partial charge is 0.362 e. The van der Waals surface area contributed by atoms with Gasteiger partial charge in [0, 0.05) is 5.69 Å². The van der Waals surface area contributed by atoms with Crippen molar-refractivity contribution in [3.63, 3.8) is 0 Å². The van der Waals surface area contributed by atoms with Gasteiger partial charge in [-0.2, -0.15) is 13.2 Å². The Hall–Kier alpha value is -1.56. The molecule has 1 rings (SSSR count). The highest BCUT2D eigenvalue weighted by atomic mass is 19.4. The van der Waals surface area contributed by atoms with E-state index >= 15 is 0 Å².